The van der Waals surface area contributed by atoms with Gasteiger partial charge >= 0.3 is 0 Å². The molecule has 0 fully saturated rings. The van der Waals surface area contributed by atoms with E-state index in [1.54, 1.807) is 12.1 Å². The van der Waals surface area contributed by atoms with Crippen LogP contribution >= 0.6 is 0 Å². The van der Waals surface area contributed by atoms with Gasteiger partial charge in [0.1, 0.15) is 23.0 Å². The predicted molar refractivity (Wildman–Crippen MR) is 134 cm³/mol. The van der Waals surface area contributed by atoms with Gasteiger partial charge in [-0.2, -0.15) is 0 Å². The first-order valence-electron chi connectivity index (χ1n) is 11.8. The third-order valence-corrected chi connectivity index (χ3v) is 6.45. The Morgan fingerprint density at radius 1 is 1.08 bits per heavy atom. The van der Waals surface area contributed by atoms with Gasteiger partial charge in [0.05, 0.1) is 16.9 Å². The normalized spacial score (nSPS) is 14.9. The number of ketones is 1. The SMILES string of the molecule is CC[C@H]1CCc2[nH]c(-c3ccnc(NC(=O)c4c(F)cccc4F)c3)c(Nc3ccccc3)c2C1=O. The van der Waals surface area contributed by atoms with Gasteiger partial charge in [-0.1, -0.05) is 31.2 Å². The third kappa shape index (κ3) is 4.37. The number of nitrogens with one attached hydrogen (secondary N) is 3. The van der Waals surface area contributed by atoms with Crippen LogP contribution in [-0.2, 0) is 6.42 Å². The number of benzene rings is 2. The number of amides is 1. The van der Waals surface area contributed by atoms with Crippen LogP contribution in [0.3, 0.4) is 0 Å². The Balaban J connectivity index is 1.54. The highest BCUT2D eigenvalue weighted by atomic mass is 19.1. The molecule has 0 unspecified atom stereocenters. The van der Waals surface area contributed by atoms with Crippen molar-refractivity contribution in [1.29, 1.82) is 0 Å². The summed E-state index contributed by atoms with van der Waals surface area (Å²) in [6.07, 6.45) is 3.77. The molecule has 2 heterocycles. The molecular formula is C28H24F2N4O2. The maximum Gasteiger partial charge on any atom is 0.262 e. The monoisotopic (exact) mass is 486 g/mol. The molecule has 1 aliphatic carbocycles. The van der Waals surface area contributed by atoms with Crippen LogP contribution in [0.4, 0.5) is 26.0 Å². The Kier molecular flexibility index (Phi) is 6.33. The first kappa shape index (κ1) is 23.4. The van der Waals surface area contributed by atoms with Crippen molar-refractivity contribution in [3.63, 3.8) is 0 Å². The van der Waals surface area contributed by atoms with Crippen LogP contribution in [0.5, 0.6) is 0 Å². The Hall–Kier alpha value is -4.33. The molecule has 5 rings (SSSR count). The molecule has 36 heavy (non-hydrogen) atoms. The van der Waals surface area contributed by atoms with Gasteiger partial charge in [-0.3, -0.25) is 9.59 Å². The van der Waals surface area contributed by atoms with Gasteiger partial charge in [0.15, 0.2) is 5.78 Å². The number of pyridine rings is 1. The summed E-state index contributed by atoms with van der Waals surface area (Å²) < 4.78 is 28.1. The number of aromatic nitrogens is 2. The zero-order valence-electron chi connectivity index (χ0n) is 19.6. The molecule has 4 aromatic rings. The summed E-state index contributed by atoms with van der Waals surface area (Å²) in [6.45, 7) is 2.02. The van der Waals surface area contributed by atoms with Crippen molar-refractivity contribution in [1.82, 2.24) is 9.97 Å². The van der Waals surface area contributed by atoms with E-state index in [1.165, 1.54) is 12.3 Å². The molecule has 2 aromatic carbocycles. The Morgan fingerprint density at radius 3 is 2.56 bits per heavy atom. The predicted octanol–water partition coefficient (Wildman–Crippen LogP) is 6.51. The standard InChI is InChI=1S/C28H24F2N4O2/c1-2-16-11-12-21-24(27(16)35)26(32-18-7-4-3-5-8-18)25(33-21)17-13-14-31-22(15-17)34-28(36)23-19(29)9-6-10-20(23)30/h3-10,13-16,32-33H,2,11-12H2,1H3,(H,31,34,36)/t16-/m0/s1. The molecule has 1 amide bonds. The summed E-state index contributed by atoms with van der Waals surface area (Å²) in [5, 5.41) is 5.87. The number of halogens is 2. The molecule has 0 saturated heterocycles. The van der Waals surface area contributed by atoms with Crippen molar-refractivity contribution in [3.05, 3.63) is 95.3 Å². The molecule has 6 nitrogen and oxygen atoms in total. The molecule has 8 heteroatoms. The summed E-state index contributed by atoms with van der Waals surface area (Å²) in [6, 6.07) is 16.1. The van der Waals surface area contributed by atoms with Crippen molar-refractivity contribution < 1.29 is 18.4 Å². The van der Waals surface area contributed by atoms with Crippen molar-refractivity contribution in [3.8, 4) is 11.3 Å². The highest BCUT2D eigenvalue weighted by molar-refractivity contribution is 6.09. The number of aryl methyl sites for hydroxylation is 1. The van der Waals surface area contributed by atoms with Crippen LogP contribution in [0.15, 0.2) is 66.9 Å². The van der Waals surface area contributed by atoms with Gasteiger partial charge in [0.25, 0.3) is 5.91 Å². The summed E-state index contributed by atoms with van der Waals surface area (Å²) in [5.41, 5.74) is 3.62. The van der Waals surface area contributed by atoms with Crippen LogP contribution in [0.25, 0.3) is 11.3 Å². The second-order valence-electron chi connectivity index (χ2n) is 8.71. The van der Waals surface area contributed by atoms with E-state index < -0.39 is 23.1 Å². The lowest BCUT2D eigenvalue weighted by Crippen LogP contribution is -2.22. The fourth-order valence-electron chi connectivity index (χ4n) is 4.61. The molecule has 1 atom stereocenters. The number of carbonyl (C=O) groups excluding carboxylic acids is 2. The maximum atomic E-state index is 14.1. The van der Waals surface area contributed by atoms with E-state index in [0.717, 1.165) is 42.8 Å². The average Bonchev–Trinajstić information content (AvgIpc) is 3.24. The first-order chi connectivity index (χ1) is 17.5. The zero-order valence-corrected chi connectivity index (χ0v) is 19.6. The summed E-state index contributed by atoms with van der Waals surface area (Å²) in [5.74, 6) is -2.68. The molecule has 2 aromatic heterocycles. The zero-order chi connectivity index (χ0) is 25.2. The minimum atomic E-state index is -0.959. The number of anilines is 3. The van der Waals surface area contributed by atoms with Gasteiger partial charge in [-0.05, 0) is 55.7 Å². The van der Waals surface area contributed by atoms with Crippen molar-refractivity contribution in [2.75, 3.05) is 10.6 Å². The summed E-state index contributed by atoms with van der Waals surface area (Å²) >= 11 is 0. The number of hydrogen-bond donors (Lipinski definition) is 3. The minimum absolute atomic E-state index is 0.0413. The largest absolute Gasteiger partial charge is 0.356 e. The number of fused-ring (bicyclic) bond motifs is 1. The van der Waals surface area contributed by atoms with E-state index in [9.17, 15) is 18.4 Å². The fourth-order valence-corrected chi connectivity index (χ4v) is 4.61. The smallest absolute Gasteiger partial charge is 0.262 e. The Morgan fingerprint density at radius 2 is 1.83 bits per heavy atom. The maximum absolute atomic E-state index is 14.1. The highest BCUT2D eigenvalue weighted by Crippen LogP contribution is 2.41. The summed E-state index contributed by atoms with van der Waals surface area (Å²) in [4.78, 5) is 33.5. The lowest BCUT2D eigenvalue weighted by molar-refractivity contribution is 0.0899. The third-order valence-electron chi connectivity index (χ3n) is 6.45. The van der Waals surface area contributed by atoms with E-state index in [4.69, 9.17) is 0 Å². The second kappa shape index (κ2) is 9.73. The quantitative estimate of drug-likeness (QED) is 0.290. The van der Waals surface area contributed by atoms with Gasteiger partial charge in [-0.25, -0.2) is 13.8 Å². The molecule has 0 aliphatic heterocycles. The van der Waals surface area contributed by atoms with Gasteiger partial charge in [0, 0.05) is 29.1 Å². The molecule has 0 saturated carbocycles. The number of Topliss-reactive ketones (excluding diaryl/α,β-unsaturated/α-hetero) is 1. The van der Waals surface area contributed by atoms with E-state index in [1.807, 2.05) is 37.3 Å². The molecule has 0 spiro atoms. The van der Waals surface area contributed by atoms with E-state index in [2.05, 4.69) is 20.6 Å². The Bertz CT molecular complexity index is 1430. The number of aromatic amines is 1. The molecule has 0 bridgehead atoms. The van der Waals surface area contributed by atoms with Gasteiger partial charge in [0.2, 0.25) is 0 Å². The number of hydrogen-bond acceptors (Lipinski definition) is 4. The molecule has 1 aliphatic rings. The minimum Gasteiger partial charge on any atom is -0.356 e. The number of rotatable bonds is 6. The van der Waals surface area contributed by atoms with Crippen molar-refractivity contribution in [2.24, 2.45) is 5.92 Å². The van der Waals surface area contributed by atoms with Crippen LogP contribution in [0, 0.1) is 17.6 Å². The second-order valence-corrected chi connectivity index (χ2v) is 8.71. The number of H-pyrrole nitrogens is 1. The summed E-state index contributed by atoms with van der Waals surface area (Å²) in [7, 11) is 0. The van der Waals surface area contributed by atoms with Crippen LogP contribution in [0.1, 0.15) is 46.2 Å². The van der Waals surface area contributed by atoms with Crippen molar-refractivity contribution >= 4 is 28.9 Å². The van der Waals surface area contributed by atoms with Gasteiger partial charge < -0.3 is 15.6 Å². The Labute approximate surface area is 206 Å². The van der Waals surface area contributed by atoms with Gasteiger partial charge in [-0.15, -0.1) is 0 Å². The van der Waals surface area contributed by atoms with Crippen molar-refractivity contribution in [2.45, 2.75) is 26.2 Å². The molecular weight excluding hydrogens is 462 g/mol. The number of nitrogens with zero attached hydrogens (tertiary/aromatic N) is 1. The average molecular weight is 487 g/mol. The van der Waals surface area contributed by atoms with Crippen LogP contribution in [0.2, 0.25) is 0 Å². The fraction of sp³-hybridized carbons (Fsp3) is 0.179. The van der Waals surface area contributed by atoms with Crippen LogP contribution in [-0.4, -0.2) is 21.7 Å². The van der Waals surface area contributed by atoms with E-state index in [-0.39, 0.29) is 17.5 Å². The lowest BCUT2D eigenvalue weighted by Gasteiger charge is -2.20. The molecule has 182 valence electrons. The highest BCUT2D eigenvalue weighted by Gasteiger charge is 2.32. The molecule has 0 radical (unpaired) electrons. The lowest BCUT2D eigenvalue weighted by atomic mass is 9.84. The van der Waals surface area contributed by atoms with E-state index in [0.29, 0.717) is 22.5 Å². The number of carbonyl (C=O) groups is 2. The molecule has 3 N–H and O–H groups in total. The first-order valence-corrected chi connectivity index (χ1v) is 11.8. The van der Waals surface area contributed by atoms with Crippen LogP contribution < -0.4 is 10.6 Å². The topological polar surface area (TPSA) is 86.9 Å². The van der Waals surface area contributed by atoms with E-state index >= 15 is 0 Å². The number of para-hydroxylation sites is 1.